The molecular formula is C19H16N2. The molecule has 1 aliphatic carbocycles. The van der Waals surface area contributed by atoms with Gasteiger partial charge >= 0.3 is 0 Å². The van der Waals surface area contributed by atoms with Crippen molar-refractivity contribution in [1.29, 1.82) is 0 Å². The molecule has 0 radical (unpaired) electrons. The number of pyridine rings is 1. The van der Waals surface area contributed by atoms with Crippen LogP contribution in [0.5, 0.6) is 0 Å². The highest BCUT2D eigenvalue weighted by Gasteiger charge is 2.45. The molecular weight excluding hydrogens is 256 g/mol. The third-order valence-electron chi connectivity index (χ3n) is 4.12. The Morgan fingerprint density at radius 1 is 0.905 bits per heavy atom. The van der Waals surface area contributed by atoms with Gasteiger partial charge in [-0.05, 0) is 35.6 Å². The van der Waals surface area contributed by atoms with Crippen molar-refractivity contribution in [3.8, 4) is 0 Å². The Kier molecular flexibility index (Phi) is 3.00. The minimum Gasteiger partial charge on any atom is -0.258 e. The summed E-state index contributed by atoms with van der Waals surface area (Å²) in [5, 5.41) is 0. The minimum atomic E-state index is 0.556. The molecule has 2 nitrogen and oxygen atoms in total. The van der Waals surface area contributed by atoms with Crippen molar-refractivity contribution in [3.05, 3.63) is 83.8 Å². The Morgan fingerprint density at radius 2 is 1.76 bits per heavy atom. The second kappa shape index (κ2) is 5.13. The highest BCUT2D eigenvalue weighted by Crippen LogP contribution is 2.49. The maximum absolute atomic E-state index is 4.66. The van der Waals surface area contributed by atoms with Crippen LogP contribution in [0.25, 0.3) is 6.08 Å². The van der Waals surface area contributed by atoms with E-state index in [1.54, 1.807) is 0 Å². The molecule has 1 fully saturated rings. The van der Waals surface area contributed by atoms with Crippen LogP contribution in [0.3, 0.4) is 0 Å². The van der Waals surface area contributed by atoms with E-state index in [0.717, 1.165) is 11.4 Å². The van der Waals surface area contributed by atoms with Gasteiger partial charge in [0.2, 0.25) is 0 Å². The summed E-state index contributed by atoms with van der Waals surface area (Å²) in [5.41, 5.74) is 4.74. The van der Waals surface area contributed by atoms with Crippen LogP contribution in [0.2, 0.25) is 0 Å². The summed E-state index contributed by atoms with van der Waals surface area (Å²) in [6, 6.07) is 16.4. The van der Waals surface area contributed by atoms with Crippen molar-refractivity contribution in [2.24, 2.45) is 16.8 Å². The second-order valence-corrected chi connectivity index (χ2v) is 5.55. The van der Waals surface area contributed by atoms with Crippen LogP contribution in [0.1, 0.15) is 17.7 Å². The van der Waals surface area contributed by atoms with E-state index in [1.165, 1.54) is 17.6 Å². The predicted molar refractivity (Wildman–Crippen MR) is 85.9 cm³/mol. The summed E-state index contributed by atoms with van der Waals surface area (Å²) in [7, 11) is 0. The average Bonchev–Trinajstić information content (AvgIpc) is 3.35. The molecule has 1 aliphatic heterocycles. The molecule has 2 aromatic rings. The fourth-order valence-electron chi connectivity index (χ4n) is 2.89. The number of allylic oxidation sites excluding steroid dienone is 2. The van der Waals surface area contributed by atoms with E-state index in [4.69, 9.17) is 0 Å². The Bertz CT molecular complexity index is 727. The van der Waals surface area contributed by atoms with Crippen molar-refractivity contribution in [1.82, 2.24) is 4.98 Å². The van der Waals surface area contributed by atoms with E-state index in [0.29, 0.717) is 11.8 Å². The highest BCUT2D eigenvalue weighted by molar-refractivity contribution is 6.04. The molecule has 2 atom stereocenters. The zero-order valence-electron chi connectivity index (χ0n) is 11.7. The van der Waals surface area contributed by atoms with Crippen LogP contribution < -0.4 is 0 Å². The lowest BCUT2D eigenvalue weighted by Crippen LogP contribution is -2.10. The van der Waals surface area contributed by atoms with Crippen LogP contribution in [0.4, 0.5) is 0 Å². The van der Waals surface area contributed by atoms with Gasteiger partial charge in [0.25, 0.3) is 0 Å². The quantitative estimate of drug-likeness (QED) is 0.825. The van der Waals surface area contributed by atoms with E-state index in [2.05, 4.69) is 46.4 Å². The summed E-state index contributed by atoms with van der Waals surface area (Å²) in [4.78, 5) is 9.08. The summed E-state index contributed by atoms with van der Waals surface area (Å²) in [6.07, 6.45) is 9.42. The van der Waals surface area contributed by atoms with E-state index in [-0.39, 0.29) is 0 Å². The molecule has 4 rings (SSSR count). The molecule has 2 unspecified atom stereocenters. The molecule has 1 saturated carbocycles. The van der Waals surface area contributed by atoms with Gasteiger partial charge in [-0.2, -0.15) is 0 Å². The van der Waals surface area contributed by atoms with Crippen LogP contribution in [-0.2, 0) is 0 Å². The number of hydrogen-bond acceptors (Lipinski definition) is 2. The van der Waals surface area contributed by atoms with Crippen LogP contribution in [0, 0.1) is 11.8 Å². The van der Waals surface area contributed by atoms with Gasteiger partial charge in [0.1, 0.15) is 0 Å². The van der Waals surface area contributed by atoms with Gasteiger partial charge in [0.15, 0.2) is 0 Å². The maximum atomic E-state index is 4.66. The number of fused-ring (bicyclic) bond motifs is 1. The number of aliphatic imine (C=N–C) groups is 1. The van der Waals surface area contributed by atoms with E-state index >= 15 is 0 Å². The molecule has 2 heterocycles. The Balaban J connectivity index is 1.58. The zero-order chi connectivity index (χ0) is 14.1. The van der Waals surface area contributed by atoms with E-state index in [1.807, 2.05) is 36.7 Å². The van der Waals surface area contributed by atoms with Crippen molar-refractivity contribution >= 4 is 11.8 Å². The van der Waals surface area contributed by atoms with Gasteiger partial charge in [-0.15, -0.1) is 0 Å². The van der Waals surface area contributed by atoms with Crippen molar-refractivity contribution in [2.75, 3.05) is 0 Å². The predicted octanol–water partition coefficient (Wildman–Crippen LogP) is 4.12. The van der Waals surface area contributed by atoms with Crippen LogP contribution in [0.15, 0.2) is 77.6 Å². The zero-order valence-corrected chi connectivity index (χ0v) is 11.7. The molecule has 0 saturated heterocycles. The number of benzene rings is 1. The number of hydrogen-bond donors (Lipinski definition) is 0. The number of rotatable bonds is 3. The van der Waals surface area contributed by atoms with E-state index < -0.39 is 0 Å². The molecule has 2 aliphatic rings. The number of nitrogens with zero attached hydrogens (tertiary/aromatic N) is 2. The van der Waals surface area contributed by atoms with Crippen molar-refractivity contribution < 1.29 is 0 Å². The Labute approximate surface area is 124 Å². The topological polar surface area (TPSA) is 25.2 Å². The SMILES string of the molecule is C1=C(/C=C/c2ccccc2)C2CC2C(c2ccccn2)=N1. The maximum Gasteiger partial charge on any atom is 0.0847 e. The molecule has 2 heteroatoms. The van der Waals surface area contributed by atoms with Gasteiger partial charge in [-0.3, -0.25) is 9.98 Å². The largest absolute Gasteiger partial charge is 0.258 e. The van der Waals surface area contributed by atoms with E-state index in [9.17, 15) is 0 Å². The van der Waals surface area contributed by atoms with Gasteiger partial charge in [-0.25, -0.2) is 0 Å². The molecule has 0 amide bonds. The smallest absolute Gasteiger partial charge is 0.0847 e. The Hall–Kier alpha value is -2.48. The standard InChI is InChI=1S/C19H16N2/c1-2-6-14(7-3-1)9-10-15-13-21-19(17-12-16(15)17)18-8-4-5-11-20-18/h1-11,13,16-17H,12H2/b10-9+. The van der Waals surface area contributed by atoms with Crippen molar-refractivity contribution in [2.45, 2.75) is 6.42 Å². The van der Waals surface area contributed by atoms with Gasteiger partial charge < -0.3 is 0 Å². The summed E-state index contributed by atoms with van der Waals surface area (Å²) >= 11 is 0. The fraction of sp³-hybridized carbons (Fsp3) is 0.158. The highest BCUT2D eigenvalue weighted by atomic mass is 14.8. The van der Waals surface area contributed by atoms with Crippen molar-refractivity contribution in [3.63, 3.8) is 0 Å². The average molecular weight is 272 g/mol. The molecule has 1 aromatic heterocycles. The van der Waals surface area contributed by atoms with Gasteiger partial charge in [-0.1, -0.05) is 48.6 Å². The monoisotopic (exact) mass is 272 g/mol. The third-order valence-corrected chi connectivity index (χ3v) is 4.12. The lowest BCUT2D eigenvalue weighted by atomic mass is 10.0. The molecule has 0 spiro atoms. The fourth-order valence-corrected chi connectivity index (χ4v) is 2.89. The molecule has 21 heavy (non-hydrogen) atoms. The summed E-state index contributed by atoms with van der Waals surface area (Å²) < 4.78 is 0. The van der Waals surface area contributed by atoms with Gasteiger partial charge in [0.05, 0.1) is 11.4 Å². The first-order valence-corrected chi connectivity index (χ1v) is 7.34. The summed E-state index contributed by atoms with van der Waals surface area (Å²) in [6.45, 7) is 0. The first-order chi connectivity index (χ1) is 10.4. The lowest BCUT2D eigenvalue weighted by Gasteiger charge is -2.10. The third kappa shape index (κ3) is 2.45. The Morgan fingerprint density at radius 3 is 2.57 bits per heavy atom. The molecule has 0 N–H and O–H groups in total. The minimum absolute atomic E-state index is 0.556. The normalized spacial score (nSPS) is 23.4. The molecule has 0 bridgehead atoms. The summed E-state index contributed by atoms with van der Waals surface area (Å²) in [5.74, 6) is 1.18. The first-order valence-electron chi connectivity index (χ1n) is 7.34. The van der Waals surface area contributed by atoms with Crippen LogP contribution >= 0.6 is 0 Å². The molecule has 1 aromatic carbocycles. The number of aromatic nitrogens is 1. The van der Waals surface area contributed by atoms with Gasteiger partial charge in [0, 0.05) is 18.3 Å². The lowest BCUT2D eigenvalue weighted by molar-refractivity contribution is 0.950. The van der Waals surface area contributed by atoms with Crippen LogP contribution in [-0.4, -0.2) is 10.7 Å². The second-order valence-electron chi connectivity index (χ2n) is 5.55. The molecule has 102 valence electrons. The first kappa shape index (κ1) is 12.3.